The van der Waals surface area contributed by atoms with Crippen molar-refractivity contribution in [1.29, 1.82) is 0 Å². The van der Waals surface area contributed by atoms with E-state index in [1.165, 1.54) is 4.90 Å². The Balaban J connectivity index is 1.88. The summed E-state index contributed by atoms with van der Waals surface area (Å²) in [5.74, 6) is -2.93. The molecule has 1 aromatic carbocycles. The number of nitrogen functional groups attached to an aromatic ring is 1. The predicted octanol–water partition coefficient (Wildman–Crippen LogP) is 3.53. The second kappa shape index (κ2) is 8.05. The molecule has 29 heavy (non-hydrogen) atoms. The highest BCUT2D eigenvalue weighted by Gasteiger charge is 2.43. The third kappa shape index (κ3) is 5.49. The standard InChI is InChI=1S/C17H17ClF5N5O/c18-11-4-2-1-3-10(11)7-25-13-12(24)14(28-6-5-16(19,20)8-28)27-15(26-13)29-9-17(21,22)23/h1-4H,5-9,24H2,(H,25,26,27)/p+1. The van der Waals surface area contributed by atoms with Crippen LogP contribution in [0.5, 0.6) is 6.01 Å². The average Bonchev–Trinajstić information content (AvgIpc) is 3.00. The summed E-state index contributed by atoms with van der Waals surface area (Å²) in [4.78, 5) is 7.65. The maximum atomic E-state index is 13.6. The van der Waals surface area contributed by atoms with Gasteiger partial charge >= 0.3 is 12.2 Å². The summed E-state index contributed by atoms with van der Waals surface area (Å²) in [6.45, 7) is -2.09. The maximum absolute atomic E-state index is 13.6. The zero-order chi connectivity index (χ0) is 21.2. The summed E-state index contributed by atoms with van der Waals surface area (Å²) < 4.78 is 69.4. The lowest BCUT2D eigenvalue weighted by molar-refractivity contribution is -0.389. The van der Waals surface area contributed by atoms with Gasteiger partial charge in [-0.1, -0.05) is 29.8 Å². The summed E-state index contributed by atoms with van der Waals surface area (Å²) in [5.41, 5.74) is 6.72. The Kier molecular flexibility index (Phi) is 5.87. The van der Waals surface area contributed by atoms with Crippen molar-refractivity contribution in [1.82, 2.24) is 4.98 Å². The van der Waals surface area contributed by atoms with Gasteiger partial charge in [0, 0.05) is 18.0 Å². The number of nitrogens with zero attached hydrogens (tertiary/aromatic N) is 2. The van der Waals surface area contributed by atoms with Crippen molar-refractivity contribution in [3.05, 3.63) is 34.9 Å². The fourth-order valence-corrected chi connectivity index (χ4v) is 3.02. The van der Waals surface area contributed by atoms with E-state index in [-0.39, 0.29) is 30.4 Å². The average molecular weight is 439 g/mol. The van der Waals surface area contributed by atoms with Gasteiger partial charge in [-0.05, 0) is 16.6 Å². The van der Waals surface area contributed by atoms with Gasteiger partial charge < -0.3 is 15.8 Å². The van der Waals surface area contributed by atoms with Gasteiger partial charge in [0.05, 0.1) is 6.54 Å². The molecular weight excluding hydrogens is 421 g/mol. The van der Waals surface area contributed by atoms with Gasteiger partial charge in [0.25, 0.3) is 11.7 Å². The summed E-state index contributed by atoms with van der Waals surface area (Å²) >= 11 is 6.09. The molecule has 1 aromatic heterocycles. The molecule has 12 heteroatoms. The highest BCUT2D eigenvalue weighted by molar-refractivity contribution is 6.31. The van der Waals surface area contributed by atoms with Crippen LogP contribution >= 0.6 is 11.6 Å². The number of hydrogen-bond donors (Lipinski definition) is 2. The number of aromatic nitrogens is 2. The summed E-state index contributed by atoms with van der Waals surface area (Å²) in [6.07, 6.45) is -4.99. The molecule has 3 rings (SSSR count). The predicted molar refractivity (Wildman–Crippen MR) is 97.3 cm³/mol. The quantitative estimate of drug-likeness (QED) is 0.675. The molecule has 2 aromatic rings. The number of nitrogens with one attached hydrogen (secondary N) is 2. The smallest absolute Gasteiger partial charge is 0.431 e. The Morgan fingerprint density at radius 3 is 2.66 bits per heavy atom. The second-order valence-corrected chi connectivity index (χ2v) is 6.94. The molecule has 1 aliphatic rings. The Labute approximate surface area is 167 Å². The Morgan fingerprint density at radius 1 is 1.31 bits per heavy atom. The van der Waals surface area contributed by atoms with Gasteiger partial charge in [0.1, 0.15) is 6.54 Å². The van der Waals surface area contributed by atoms with Gasteiger partial charge in [-0.2, -0.15) is 13.2 Å². The van der Waals surface area contributed by atoms with Crippen molar-refractivity contribution in [2.75, 3.05) is 35.6 Å². The van der Waals surface area contributed by atoms with E-state index >= 15 is 0 Å². The van der Waals surface area contributed by atoms with Crippen LogP contribution in [0, 0.1) is 0 Å². The van der Waals surface area contributed by atoms with Crippen LogP contribution in [0.2, 0.25) is 5.02 Å². The Morgan fingerprint density at radius 2 is 2.03 bits per heavy atom. The molecule has 0 atom stereocenters. The van der Waals surface area contributed by atoms with E-state index in [4.69, 9.17) is 17.3 Å². The number of anilines is 3. The van der Waals surface area contributed by atoms with Crippen molar-refractivity contribution in [3.63, 3.8) is 0 Å². The molecule has 1 fully saturated rings. The molecule has 2 heterocycles. The van der Waals surface area contributed by atoms with Gasteiger partial charge in [-0.25, -0.2) is 13.8 Å². The topological polar surface area (TPSA) is 77.5 Å². The summed E-state index contributed by atoms with van der Waals surface area (Å²) in [5, 5.41) is 3.34. The van der Waals surface area contributed by atoms with E-state index in [0.717, 1.165) is 0 Å². The van der Waals surface area contributed by atoms with Crippen molar-refractivity contribution in [3.8, 4) is 6.01 Å². The monoisotopic (exact) mass is 438 g/mol. The molecule has 0 radical (unpaired) electrons. The van der Waals surface area contributed by atoms with Crippen LogP contribution in [0.1, 0.15) is 12.0 Å². The maximum Gasteiger partial charge on any atom is 0.434 e. The van der Waals surface area contributed by atoms with Gasteiger partial charge in [0.15, 0.2) is 12.3 Å². The number of halogens is 6. The lowest BCUT2D eigenvalue weighted by Crippen LogP contribution is -2.33. The minimum atomic E-state index is -4.59. The minimum Gasteiger partial charge on any atom is -0.431 e. The molecule has 0 saturated carbocycles. The van der Waals surface area contributed by atoms with Gasteiger partial charge in [0.2, 0.25) is 5.82 Å². The second-order valence-electron chi connectivity index (χ2n) is 6.53. The summed E-state index contributed by atoms with van der Waals surface area (Å²) in [7, 11) is 0. The first-order valence-corrected chi connectivity index (χ1v) is 8.94. The number of hydrogen-bond acceptors (Lipinski definition) is 5. The van der Waals surface area contributed by atoms with E-state index < -0.39 is 37.7 Å². The van der Waals surface area contributed by atoms with E-state index in [9.17, 15) is 22.0 Å². The minimum absolute atomic E-state index is 0.00828. The van der Waals surface area contributed by atoms with Crippen LogP contribution in [0.4, 0.5) is 39.3 Å². The number of alkyl halides is 5. The van der Waals surface area contributed by atoms with Crippen LogP contribution in [-0.2, 0) is 6.54 Å². The summed E-state index contributed by atoms with van der Waals surface area (Å²) in [6, 6.07) is 6.41. The molecular formula is C17H18ClF5N5O+. The molecule has 0 unspecified atom stereocenters. The first-order chi connectivity index (χ1) is 13.5. The lowest BCUT2D eigenvalue weighted by atomic mass is 10.2. The number of benzene rings is 1. The molecule has 0 bridgehead atoms. The van der Waals surface area contributed by atoms with Crippen LogP contribution in [0.15, 0.2) is 24.3 Å². The van der Waals surface area contributed by atoms with Crippen LogP contribution in [0.25, 0.3) is 0 Å². The fourth-order valence-electron chi connectivity index (χ4n) is 2.82. The molecule has 0 spiro atoms. The highest BCUT2D eigenvalue weighted by atomic mass is 35.5. The first kappa shape index (κ1) is 21.2. The van der Waals surface area contributed by atoms with Crippen LogP contribution in [0.3, 0.4) is 0 Å². The van der Waals surface area contributed by atoms with Crippen molar-refractivity contribution >= 4 is 28.9 Å². The zero-order valence-electron chi connectivity index (χ0n) is 15.0. The van der Waals surface area contributed by atoms with Gasteiger partial charge in [-0.15, -0.1) is 0 Å². The SMILES string of the molecule is Nc1c(NCc2ccccc2Cl)nc(OCC(F)(F)F)[nH+]c1N1CCC(F)(F)C1. The van der Waals surface area contributed by atoms with Crippen LogP contribution in [-0.4, -0.2) is 36.8 Å². The molecule has 4 N–H and O–H groups in total. The van der Waals surface area contributed by atoms with E-state index in [2.05, 4.69) is 20.0 Å². The van der Waals surface area contributed by atoms with E-state index in [1.807, 2.05) is 0 Å². The molecule has 0 amide bonds. The molecule has 0 aliphatic carbocycles. The zero-order valence-corrected chi connectivity index (χ0v) is 15.7. The normalized spacial score (nSPS) is 16.1. The number of nitrogens with two attached hydrogens (primary N) is 1. The van der Waals surface area contributed by atoms with Crippen molar-refractivity contribution in [2.45, 2.75) is 25.1 Å². The lowest BCUT2D eigenvalue weighted by Gasteiger charge is -2.16. The first-order valence-electron chi connectivity index (χ1n) is 8.56. The molecule has 1 aliphatic heterocycles. The number of rotatable bonds is 6. The number of H-pyrrole nitrogens is 1. The highest BCUT2D eigenvalue weighted by Crippen LogP contribution is 2.34. The Bertz CT molecular complexity index is 880. The fraction of sp³-hybridized carbons (Fsp3) is 0.412. The third-order valence-electron chi connectivity index (χ3n) is 4.21. The van der Waals surface area contributed by atoms with Gasteiger partial charge in [-0.3, -0.25) is 4.90 Å². The molecule has 6 nitrogen and oxygen atoms in total. The Hall–Kier alpha value is -2.56. The molecule has 158 valence electrons. The van der Waals surface area contributed by atoms with Crippen LogP contribution < -0.4 is 25.7 Å². The number of ether oxygens (including phenoxy) is 1. The molecule has 1 saturated heterocycles. The van der Waals surface area contributed by atoms with Crippen molar-refractivity contribution in [2.24, 2.45) is 0 Å². The van der Waals surface area contributed by atoms with Crippen molar-refractivity contribution < 1.29 is 31.7 Å². The van der Waals surface area contributed by atoms with E-state index in [1.54, 1.807) is 24.3 Å². The third-order valence-corrected chi connectivity index (χ3v) is 4.58. The van der Waals surface area contributed by atoms with E-state index in [0.29, 0.717) is 10.6 Å². The largest absolute Gasteiger partial charge is 0.434 e. The number of aromatic amines is 1.